The molecule has 0 bridgehead atoms. The molecule has 1 aromatic carbocycles. The molecule has 0 unspecified atom stereocenters. The van der Waals surface area contributed by atoms with Crippen LogP contribution < -0.4 is 14.8 Å². The lowest BCUT2D eigenvalue weighted by molar-refractivity contribution is 0.0910. The lowest BCUT2D eigenvalue weighted by atomic mass is 10.1. The van der Waals surface area contributed by atoms with E-state index in [4.69, 9.17) is 9.47 Å². The summed E-state index contributed by atoms with van der Waals surface area (Å²) < 4.78 is 10.5. The Bertz CT molecular complexity index is 705. The van der Waals surface area contributed by atoms with E-state index in [1.165, 1.54) is 0 Å². The van der Waals surface area contributed by atoms with Crippen LogP contribution in [0.2, 0.25) is 0 Å². The molecule has 2 rings (SSSR count). The number of nitrogens with zero attached hydrogens (tertiary/aromatic N) is 1. The van der Waals surface area contributed by atoms with E-state index in [2.05, 4.69) is 15.5 Å². The van der Waals surface area contributed by atoms with E-state index in [-0.39, 0.29) is 18.6 Å². The lowest BCUT2D eigenvalue weighted by Gasteiger charge is -2.14. The van der Waals surface area contributed by atoms with Gasteiger partial charge >= 0.3 is 0 Å². The highest BCUT2D eigenvalue weighted by Crippen LogP contribution is 2.31. The predicted octanol–water partition coefficient (Wildman–Crippen LogP) is 1.94. The summed E-state index contributed by atoms with van der Waals surface area (Å²) in [5.74, 6) is 1.79. The van der Waals surface area contributed by atoms with E-state index >= 15 is 0 Å². The highest BCUT2D eigenvalue weighted by atomic mass is 32.2. The maximum absolute atomic E-state index is 12.3. The summed E-state index contributed by atoms with van der Waals surface area (Å²) >= 11 is 1.67. The third-order valence-corrected chi connectivity index (χ3v) is 4.37. The Labute approximate surface area is 151 Å². The number of benzene rings is 1. The monoisotopic (exact) mass is 365 g/mol. The van der Waals surface area contributed by atoms with E-state index < -0.39 is 0 Å². The molecule has 3 N–H and O–H groups in total. The standard InChI is InChI=1S/C17H23N3O4S/c1-23-15-5-4-11(8-16(15)24-2)13-9-14(20-19-13)17(22)18-12(10-21)6-7-25-3/h4-5,8-9,12,21H,6-7,10H2,1-3H3,(H,18,22)(H,19,20)/t12-/m1/s1. The molecule has 0 fully saturated rings. The summed E-state index contributed by atoms with van der Waals surface area (Å²) in [6, 6.07) is 6.82. The minimum atomic E-state index is -0.292. The van der Waals surface area contributed by atoms with E-state index in [1.807, 2.05) is 12.3 Å². The van der Waals surface area contributed by atoms with Crippen molar-refractivity contribution < 1.29 is 19.4 Å². The number of aromatic amines is 1. The lowest BCUT2D eigenvalue weighted by Crippen LogP contribution is -2.38. The zero-order valence-electron chi connectivity index (χ0n) is 14.5. The Morgan fingerprint density at radius 3 is 2.72 bits per heavy atom. The number of hydrogen-bond donors (Lipinski definition) is 3. The first-order valence-electron chi connectivity index (χ1n) is 7.81. The first kappa shape index (κ1) is 19.1. The van der Waals surface area contributed by atoms with Gasteiger partial charge in [-0.1, -0.05) is 0 Å². The van der Waals surface area contributed by atoms with Crippen molar-refractivity contribution in [3.63, 3.8) is 0 Å². The number of aliphatic hydroxyl groups excluding tert-OH is 1. The molecule has 0 spiro atoms. The van der Waals surface area contributed by atoms with E-state index in [1.54, 1.807) is 44.2 Å². The third kappa shape index (κ3) is 4.90. The van der Waals surface area contributed by atoms with Gasteiger partial charge in [-0.05, 0) is 42.7 Å². The molecule has 0 aliphatic rings. The van der Waals surface area contributed by atoms with Crippen molar-refractivity contribution in [3.8, 4) is 22.8 Å². The molecule has 136 valence electrons. The Kier molecular flexibility index (Phi) is 7.15. The van der Waals surface area contributed by atoms with Crippen LogP contribution in [0.5, 0.6) is 11.5 Å². The fourth-order valence-electron chi connectivity index (χ4n) is 2.31. The van der Waals surface area contributed by atoms with E-state index in [0.717, 1.165) is 11.3 Å². The van der Waals surface area contributed by atoms with Gasteiger partial charge < -0.3 is 19.9 Å². The maximum Gasteiger partial charge on any atom is 0.269 e. The second-order valence-corrected chi connectivity index (χ2v) is 6.36. The van der Waals surface area contributed by atoms with Crippen molar-refractivity contribution in [2.45, 2.75) is 12.5 Å². The number of ether oxygens (including phenoxy) is 2. The molecule has 7 nitrogen and oxygen atoms in total. The van der Waals surface area contributed by atoms with Gasteiger partial charge in [0, 0.05) is 5.56 Å². The zero-order chi connectivity index (χ0) is 18.2. The number of aliphatic hydroxyl groups is 1. The quantitative estimate of drug-likeness (QED) is 0.628. The molecule has 1 amide bonds. The molecule has 25 heavy (non-hydrogen) atoms. The predicted molar refractivity (Wildman–Crippen MR) is 98.5 cm³/mol. The normalized spacial score (nSPS) is 11.8. The Balaban J connectivity index is 2.12. The number of nitrogens with one attached hydrogen (secondary N) is 2. The van der Waals surface area contributed by atoms with Crippen LogP contribution in [0.15, 0.2) is 24.3 Å². The van der Waals surface area contributed by atoms with Crippen LogP contribution in [0.3, 0.4) is 0 Å². The average Bonchev–Trinajstić information content (AvgIpc) is 3.14. The fraction of sp³-hybridized carbons (Fsp3) is 0.412. The highest BCUT2D eigenvalue weighted by molar-refractivity contribution is 7.98. The largest absolute Gasteiger partial charge is 0.493 e. The Hall–Kier alpha value is -2.19. The number of carbonyl (C=O) groups is 1. The summed E-state index contributed by atoms with van der Waals surface area (Å²) in [5, 5.41) is 19.1. The smallest absolute Gasteiger partial charge is 0.269 e. The number of thioether (sulfide) groups is 1. The van der Waals surface area contributed by atoms with Crippen LogP contribution in [0.25, 0.3) is 11.3 Å². The van der Waals surface area contributed by atoms with Gasteiger partial charge in [-0.2, -0.15) is 16.9 Å². The van der Waals surface area contributed by atoms with Gasteiger partial charge in [-0.3, -0.25) is 9.89 Å². The van der Waals surface area contributed by atoms with Gasteiger partial charge in [0.05, 0.1) is 32.6 Å². The second kappa shape index (κ2) is 9.33. The van der Waals surface area contributed by atoms with Gasteiger partial charge in [0.25, 0.3) is 5.91 Å². The van der Waals surface area contributed by atoms with E-state index in [0.29, 0.717) is 29.3 Å². The van der Waals surface area contributed by atoms with Crippen LogP contribution in [0, 0.1) is 0 Å². The van der Waals surface area contributed by atoms with Crippen LogP contribution >= 0.6 is 11.8 Å². The van der Waals surface area contributed by atoms with E-state index in [9.17, 15) is 9.90 Å². The fourth-order valence-corrected chi connectivity index (χ4v) is 2.83. The van der Waals surface area contributed by atoms with Crippen LogP contribution in [-0.2, 0) is 0 Å². The van der Waals surface area contributed by atoms with Gasteiger partial charge in [-0.25, -0.2) is 0 Å². The number of amides is 1. The van der Waals surface area contributed by atoms with Gasteiger partial charge in [-0.15, -0.1) is 0 Å². The summed E-state index contributed by atoms with van der Waals surface area (Å²) in [6.07, 6.45) is 2.70. The molecule has 8 heteroatoms. The summed E-state index contributed by atoms with van der Waals surface area (Å²) in [4.78, 5) is 12.3. The molecule has 0 saturated heterocycles. The van der Waals surface area contributed by atoms with Crippen molar-refractivity contribution in [1.82, 2.24) is 15.5 Å². The van der Waals surface area contributed by atoms with Gasteiger partial charge in [0.1, 0.15) is 5.69 Å². The SMILES string of the molecule is COc1ccc(-c2cc(C(=O)N[C@@H](CO)CCSC)[nH]n2)cc1OC. The van der Waals surface area contributed by atoms with Gasteiger partial charge in [0.2, 0.25) is 0 Å². The molecular weight excluding hydrogens is 342 g/mol. The Morgan fingerprint density at radius 2 is 2.08 bits per heavy atom. The molecule has 1 aromatic heterocycles. The molecule has 0 radical (unpaired) electrons. The molecule has 1 heterocycles. The first-order valence-corrected chi connectivity index (χ1v) is 9.20. The molecular formula is C17H23N3O4S. The van der Waals surface area contributed by atoms with Crippen molar-refractivity contribution in [1.29, 1.82) is 0 Å². The summed E-state index contributed by atoms with van der Waals surface area (Å²) in [5.41, 5.74) is 1.76. The molecule has 0 aliphatic carbocycles. The second-order valence-electron chi connectivity index (χ2n) is 5.37. The molecule has 2 aromatic rings. The van der Waals surface area contributed by atoms with Gasteiger partial charge in [0.15, 0.2) is 11.5 Å². The topological polar surface area (TPSA) is 96.5 Å². The number of rotatable bonds is 9. The number of H-pyrrole nitrogens is 1. The minimum Gasteiger partial charge on any atom is -0.493 e. The number of methoxy groups -OCH3 is 2. The number of aromatic nitrogens is 2. The first-order chi connectivity index (χ1) is 12.1. The Morgan fingerprint density at radius 1 is 1.32 bits per heavy atom. The van der Waals surface area contributed by atoms with Crippen LogP contribution in [-0.4, -0.2) is 60.1 Å². The average molecular weight is 365 g/mol. The summed E-state index contributed by atoms with van der Waals surface area (Å²) in [7, 11) is 3.14. The van der Waals surface area contributed by atoms with Crippen LogP contribution in [0.1, 0.15) is 16.9 Å². The number of hydrogen-bond acceptors (Lipinski definition) is 6. The van der Waals surface area contributed by atoms with Crippen LogP contribution in [0.4, 0.5) is 0 Å². The minimum absolute atomic E-state index is 0.0943. The highest BCUT2D eigenvalue weighted by Gasteiger charge is 2.16. The van der Waals surface area contributed by atoms with Crippen molar-refractivity contribution in [3.05, 3.63) is 30.0 Å². The number of carbonyl (C=O) groups excluding carboxylic acids is 1. The van der Waals surface area contributed by atoms with Crippen molar-refractivity contribution in [2.24, 2.45) is 0 Å². The van der Waals surface area contributed by atoms with Crippen molar-refractivity contribution >= 4 is 17.7 Å². The molecule has 0 aliphatic heterocycles. The zero-order valence-corrected chi connectivity index (χ0v) is 15.4. The molecule has 0 saturated carbocycles. The third-order valence-electron chi connectivity index (χ3n) is 3.73. The summed E-state index contributed by atoms with van der Waals surface area (Å²) in [6.45, 7) is -0.0943. The molecule has 1 atom stereocenters. The maximum atomic E-state index is 12.3. The van der Waals surface area contributed by atoms with Crippen molar-refractivity contribution in [2.75, 3.05) is 32.8 Å².